The number of benzene rings is 1. The smallest absolute Gasteiger partial charge is 0.314 e. The number of H-pyrrole nitrogens is 1. The van der Waals surface area contributed by atoms with Crippen molar-refractivity contribution in [3.8, 4) is 5.75 Å². The number of fused-ring (bicyclic) bond motifs is 1. The number of hydrogen-bond donors (Lipinski definition) is 2. The number of halogens is 1. The van der Waals surface area contributed by atoms with Gasteiger partial charge in [0.15, 0.2) is 5.75 Å². The number of aromatic nitrogens is 1. The van der Waals surface area contributed by atoms with Crippen molar-refractivity contribution in [3.63, 3.8) is 0 Å². The minimum atomic E-state index is -0.571. The van der Waals surface area contributed by atoms with Crippen molar-refractivity contribution in [1.82, 2.24) is 10.3 Å². The standard InChI is InChI=1S/C27H38N2O5.ClH/c1-6-21(28-17(4)5)25(34-26(31)16(2)3)20-12-14-22(24-19(20)13-15-23(30)29-24)33-27(32)18-10-8-7-9-11-18;/h12-18,21,25,28H,6-11H2,1-5H3,(H,29,30);1H. The number of rotatable bonds is 9. The summed E-state index contributed by atoms with van der Waals surface area (Å²) < 4.78 is 11.8. The number of aromatic amines is 1. The van der Waals surface area contributed by atoms with Gasteiger partial charge < -0.3 is 19.8 Å². The lowest BCUT2D eigenvalue weighted by Crippen LogP contribution is -2.41. The molecule has 2 unspecified atom stereocenters. The van der Waals surface area contributed by atoms with Gasteiger partial charge >= 0.3 is 11.9 Å². The summed E-state index contributed by atoms with van der Waals surface area (Å²) in [5.74, 6) is -0.612. The molecule has 0 bridgehead atoms. The molecule has 1 saturated carbocycles. The van der Waals surface area contributed by atoms with E-state index < -0.39 is 6.10 Å². The molecule has 1 aromatic heterocycles. The average Bonchev–Trinajstić information content (AvgIpc) is 2.81. The molecule has 0 radical (unpaired) electrons. The van der Waals surface area contributed by atoms with Crippen LogP contribution in [-0.2, 0) is 14.3 Å². The summed E-state index contributed by atoms with van der Waals surface area (Å²) >= 11 is 0. The fraction of sp³-hybridized carbons (Fsp3) is 0.593. The molecular formula is C27H39ClN2O5. The lowest BCUT2D eigenvalue weighted by atomic mass is 9.89. The molecule has 2 N–H and O–H groups in total. The van der Waals surface area contributed by atoms with Crippen LogP contribution in [0, 0.1) is 11.8 Å². The molecule has 1 aromatic carbocycles. The molecule has 1 heterocycles. The fourth-order valence-electron chi connectivity index (χ4n) is 4.58. The Morgan fingerprint density at radius 3 is 2.34 bits per heavy atom. The van der Waals surface area contributed by atoms with Crippen molar-refractivity contribution in [1.29, 1.82) is 0 Å². The van der Waals surface area contributed by atoms with Crippen LogP contribution in [0.5, 0.6) is 5.75 Å². The van der Waals surface area contributed by atoms with Crippen molar-refractivity contribution < 1.29 is 19.1 Å². The zero-order chi connectivity index (χ0) is 24.8. The zero-order valence-electron chi connectivity index (χ0n) is 21.4. The van der Waals surface area contributed by atoms with E-state index in [9.17, 15) is 14.4 Å². The third kappa shape index (κ3) is 7.31. The van der Waals surface area contributed by atoms with Crippen LogP contribution in [0.4, 0.5) is 0 Å². The molecule has 194 valence electrons. The lowest BCUT2D eigenvalue weighted by Gasteiger charge is -2.30. The van der Waals surface area contributed by atoms with Gasteiger partial charge in [-0.2, -0.15) is 0 Å². The molecule has 3 rings (SSSR count). The molecule has 0 amide bonds. The SMILES string of the molecule is CCC(NC(C)C)C(OC(=O)C(C)C)c1ccc(OC(=O)C2CCCCC2)c2[nH]c(=O)ccc12.Cl. The van der Waals surface area contributed by atoms with E-state index in [1.54, 1.807) is 26.0 Å². The Labute approximate surface area is 213 Å². The highest BCUT2D eigenvalue weighted by atomic mass is 35.5. The topological polar surface area (TPSA) is 97.5 Å². The first-order valence-corrected chi connectivity index (χ1v) is 12.5. The summed E-state index contributed by atoms with van der Waals surface area (Å²) in [6.07, 6.45) is 5.03. The van der Waals surface area contributed by atoms with Crippen LogP contribution < -0.4 is 15.6 Å². The number of esters is 2. The van der Waals surface area contributed by atoms with Gasteiger partial charge in [0.25, 0.3) is 0 Å². The van der Waals surface area contributed by atoms with Gasteiger partial charge in [0.1, 0.15) is 6.10 Å². The Morgan fingerprint density at radius 2 is 1.74 bits per heavy atom. The number of nitrogens with one attached hydrogen (secondary N) is 2. The molecule has 35 heavy (non-hydrogen) atoms. The largest absolute Gasteiger partial charge is 0.456 e. The molecule has 1 aliphatic carbocycles. The number of ether oxygens (including phenoxy) is 2. The predicted molar refractivity (Wildman–Crippen MR) is 140 cm³/mol. The van der Waals surface area contributed by atoms with Gasteiger partial charge in [0.2, 0.25) is 5.56 Å². The monoisotopic (exact) mass is 506 g/mol. The number of carbonyl (C=O) groups excluding carboxylic acids is 2. The van der Waals surface area contributed by atoms with Gasteiger partial charge in [0, 0.05) is 29.1 Å². The van der Waals surface area contributed by atoms with E-state index in [4.69, 9.17) is 9.47 Å². The molecule has 0 saturated heterocycles. The minimum absolute atomic E-state index is 0. The molecule has 8 heteroatoms. The molecule has 1 fully saturated rings. The Kier molecular flexibility index (Phi) is 10.8. The maximum absolute atomic E-state index is 12.8. The summed E-state index contributed by atoms with van der Waals surface area (Å²) in [6, 6.07) is 6.75. The molecule has 1 aliphatic rings. The van der Waals surface area contributed by atoms with E-state index in [1.807, 2.05) is 26.8 Å². The van der Waals surface area contributed by atoms with Crippen LogP contribution in [0.3, 0.4) is 0 Å². The third-order valence-corrected chi connectivity index (χ3v) is 6.41. The predicted octanol–water partition coefficient (Wildman–Crippen LogP) is 5.45. The molecule has 7 nitrogen and oxygen atoms in total. The van der Waals surface area contributed by atoms with Crippen molar-refractivity contribution in [3.05, 3.63) is 40.2 Å². The summed E-state index contributed by atoms with van der Waals surface area (Å²) in [5, 5.41) is 4.20. The summed E-state index contributed by atoms with van der Waals surface area (Å²) in [7, 11) is 0. The number of hydrogen-bond acceptors (Lipinski definition) is 6. The Morgan fingerprint density at radius 1 is 1.06 bits per heavy atom. The second-order valence-electron chi connectivity index (χ2n) is 9.87. The molecule has 0 spiro atoms. The summed E-state index contributed by atoms with van der Waals surface area (Å²) in [5.41, 5.74) is 0.916. The van der Waals surface area contributed by atoms with Gasteiger partial charge in [-0.15, -0.1) is 12.4 Å². The second kappa shape index (κ2) is 13.1. The quantitative estimate of drug-likeness (QED) is 0.346. The van der Waals surface area contributed by atoms with Crippen LogP contribution in [0.25, 0.3) is 10.9 Å². The van der Waals surface area contributed by atoms with E-state index in [2.05, 4.69) is 10.3 Å². The van der Waals surface area contributed by atoms with Gasteiger partial charge in [-0.3, -0.25) is 14.4 Å². The minimum Gasteiger partial charge on any atom is -0.456 e. The van der Waals surface area contributed by atoms with E-state index in [-0.39, 0.29) is 53.8 Å². The van der Waals surface area contributed by atoms with Gasteiger partial charge in [-0.05, 0) is 31.4 Å². The van der Waals surface area contributed by atoms with Crippen LogP contribution in [0.1, 0.15) is 84.8 Å². The fourth-order valence-corrected chi connectivity index (χ4v) is 4.58. The van der Waals surface area contributed by atoms with Crippen molar-refractivity contribution in [2.24, 2.45) is 11.8 Å². The van der Waals surface area contributed by atoms with Crippen LogP contribution in [0.15, 0.2) is 29.1 Å². The Bertz CT molecular complexity index is 1060. The summed E-state index contributed by atoms with van der Waals surface area (Å²) in [6.45, 7) is 9.75. The highest BCUT2D eigenvalue weighted by molar-refractivity contribution is 5.90. The normalized spacial score (nSPS) is 16.1. The molecular weight excluding hydrogens is 468 g/mol. The molecule has 2 atom stereocenters. The first kappa shape index (κ1) is 28.9. The highest BCUT2D eigenvalue weighted by Crippen LogP contribution is 2.35. The van der Waals surface area contributed by atoms with E-state index >= 15 is 0 Å². The van der Waals surface area contributed by atoms with Gasteiger partial charge in [-0.1, -0.05) is 59.9 Å². The van der Waals surface area contributed by atoms with Crippen LogP contribution in [-0.4, -0.2) is 29.0 Å². The Hall–Kier alpha value is -2.38. The summed E-state index contributed by atoms with van der Waals surface area (Å²) in [4.78, 5) is 40.5. The number of pyridine rings is 1. The second-order valence-corrected chi connectivity index (χ2v) is 9.87. The molecule has 2 aromatic rings. The maximum atomic E-state index is 12.8. The first-order valence-electron chi connectivity index (χ1n) is 12.5. The van der Waals surface area contributed by atoms with Crippen LogP contribution >= 0.6 is 12.4 Å². The van der Waals surface area contributed by atoms with Crippen molar-refractivity contribution >= 4 is 35.2 Å². The lowest BCUT2D eigenvalue weighted by molar-refractivity contribution is -0.155. The Balaban J connectivity index is 0.00000432. The van der Waals surface area contributed by atoms with Crippen LogP contribution in [0.2, 0.25) is 0 Å². The van der Waals surface area contributed by atoms with Crippen molar-refractivity contribution in [2.45, 2.75) is 91.3 Å². The first-order chi connectivity index (χ1) is 16.2. The van der Waals surface area contributed by atoms with E-state index in [0.29, 0.717) is 16.7 Å². The highest BCUT2D eigenvalue weighted by Gasteiger charge is 2.30. The van der Waals surface area contributed by atoms with Gasteiger partial charge in [-0.25, -0.2) is 0 Å². The van der Waals surface area contributed by atoms with E-state index in [0.717, 1.165) is 44.1 Å². The van der Waals surface area contributed by atoms with Gasteiger partial charge in [0.05, 0.1) is 17.4 Å². The number of carbonyl (C=O) groups is 2. The maximum Gasteiger partial charge on any atom is 0.314 e. The molecule has 0 aliphatic heterocycles. The average molecular weight is 507 g/mol. The van der Waals surface area contributed by atoms with E-state index in [1.165, 1.54) is 6.07 Å². The zero-order valence-corrected chi connectivity index (χ0v) is 22.2. The van der Waals surface area contributed by atoms with Crippen molar-refractivity contribution in [2.75, 3.05) is 0 Å². The third-order valence-electron chi connectivity index (χ3n) is 6.41.